The molecule has 0 unspecified atom stereocenters. The zero-order chi connectivity index (χ0) is 44.7. The summed E-state index contributed by atoms with van der Waals surface area (Å²) in [7, 11) is 13.4. The lowest BCUT2D eigenvalue weighted by Gasteiger charge is -2.18. The standard InChI is InChI=1S/C56H50O8/c1-57-43-13-9-11-35(27-43)37-15-21-45(51(29-37)59-3)47-23-17-39(31-53(47)61-5)41-19-25-49(55(33-41)63-7)50-26-20-42(34-56(50)64-8)40-18-24-48(54(32-40)62-6)46-22-16-38(30-52(46)60-4)36-12-10-14-44(28-36)58-2/h9-34H,1-8H3. The summed E-state index contributed by atoms with van der Waals surface area (Å²) in [5.41, 5.74) is 13.5. The van der Waals surface area contributed by atoms with E-state index in [2.05, 4.69) is 84.9 Å². The van der Waals surface area contributed by atoms with E-state index in [-0.39, 0.29) is 0 Å². The lowest BCUT2D eigenvalue weighted by Crippen LogP contribution is -1.95. The number of hydrogen-bond acceptors (Lipinski definition) is 8. The van der Waals surface area contributed by atoms with E-state index in [1.165, 1.54) is 0 Å². The molecule has 0 saturated heterocycles. The molecule has 0 fully saturated rings. The van der Waals surface area contributed by atoms with Crippen LogP contribution in [-0.2, 0) is 0 Å². The smallest absolute Gasteiger partial charge is 0.127 e. The first-order valence-electron chi connectivity index (χ1n) is 20.7. The molecule has 0 aromatic heterocycles. The monoisotopic (exact) mass is 850 g/mol. The Labute approximate surface area is 375 Å². The van der Waals surface area contributed by atoms with Gasteiger partial charge in [0.1, 0.15) is 46.0 Å². The molecule has 0 atom stereocenters. The van der Waals surface area contributed by atoms with Crippen molar-refractivity contribution in [2.75, 3.05) is 56.9 Å². The van der Waals surface area contributed by atoms with Crippen molar-refractivity contribution in [3.8, 4) is 124 Å². The van der Waals surface area contributed by atoms with Gasteiger partial charge < -0.3 is 37.9 Å². The maximum atomic E-state index is 6.02. The third-order valence-corrected chi connectivity index (χ3v) is 11.6. The summed E-state index contributed by atoms with van der Waals surface area (Å²) in [6, 6.07) is 53.1. The summed E-state index contributed by atoms with van der Waals surface area (Å²) in [6.45, 7) is 0. The Kier molecular flexibility index (Phi) is 12.7. The summed E-state index contributed by atoms with van der Waals surface area (Å²) < 4.78 is 46.7. The third-order valence-electron chi connectivity index (χ3n) is 11.6. The fraction of sp³-hybridized carbons (Fsp3) is 0.143. The van der Waals surface area contributed by atoms with Gasteiger partial charge in [-0.1, -0.05) is 60.7 Å². The Balaban J connectivity index is 1.07. The topological polar surface area (TPSA) is 73.8 Å². The summed E-state index contributed by atoms with van der Waals surface area (Å²) in [5, 5.41) is 0. The predicted molar refractivity (Wildman–Crippen MR) is 257 cm³/mol. The Morgan fingerprint density at radius 3 is 0.594 bits per heavy atom. The molecule has 8 aromatic carbocycles. The average Bonchev–Trinajstić information content (AvgIpc) is 3.37. The normalized spacial score (nSPS) is 10.8. The van der Waals surface area contributed by atoms with E-state index in [9.17, 15) is 0 Å². The van der Waals surface area contributed by atoms with Crippen LogP contribution < -0.4 is 37.9 Å². The molecule has 0 heterocycles. The third kappa shape index (κ3) is 8.50. The average molecular weight is 851 g/mol. The van der Waals surface area contributed by atoms with Crippen LogP contribution in [0.3, 0.4) is 0 Å². The zero-order valence-electron chi connectivity index (χ0n) is 37.3. The first-order valence-corrected chi connectivity index (χ1v) is 20.7. The fourth-order valence-electron chi connectivity index (χ4n) is 8.17. The van der Waals surface area contributed by atoms with Gasteiger partial charge >= 0.3 is 0 Å². The predicted octanol–water partition coefficient (Wildman–Crippen LogP) is 13.4. The molecule has 0 aliphatic rings. The second kappa shape index (κ2) is 19.1. The van der Waals surface area contributed by atoms with Crippen LogP contribution in [0.25, 0.3) is 77.9 Å². The highest BCUT2D eigenvalue weighted by molar-refractivity contribution is 5.87. The maximum absolute atomic E-state index is 6.02. The van der Waals surface area contributed by atoms with Crippen molar-refractivity contribution in [1.29, 1.82) is 0 Å². The number of ether oxygens (including phenoxy) is 8. The van der Waals surface area contributed by atoms with E-state index >= 15 is 0 Å². The van der Waals surface area contributed by atoms with Crippen molar-refractivity contribution in [2.45, 2.75) is 0 Å². The Bertz CT molecular complexity index is 2750. The van der Waals surface area contributed by atoms with Crippen molar-refractivity contribution in [2.24, 2.45) is 0 Å². The van der Waals surface area contributed by atoms with Crippen molar-refractivity contribution in [1.82, 2.24) is 0 Å². The summed E-state index contributed by atoms with van der Waals surface area (Å²) in [5.74, 6) is 5.92. The van der Waals surface area contributed by atoms with Gasteiger partial charge in [0, 0.05) is 33.4 Å². The SMILES string of the molecule is COc1cccc(-c2ccc(-c3ccc(-c4ccc(-c5ccc(-c6ccc(-c7ccc(-c8cccc(OC)c8)cc7OC)c(OC)c6)cc5OC)c(OC)c4)cc3OC)c(OC)c2)c1. The number of methoxy groups -OCH3 is 8. The number of hydrogen-bond donors (Lipinski definition) is 0. The van der Waals surface area contributed by atoms with Gasteiger partial charge in [0.2, 0.25) is 0 Å². The second-order valence-electron chi connectivity index (χ2n) is 15.0. The van der Waals surface area contributed by atoms with Crippen molar-refractivity contribution in [3.63, 3.8) is 0 Å². The fourth-order valence-corrected chi connectivity index (χ4v) is 8.17. The Hall–Kier alpha value is -7.84. The minimum Gasteiger partial charge on any atom is -0.497 e. The van der Waals surface area contributed by atoms with Gasteiger partial charge in [-0.05, 0) is 142 Å². The van der Waals surface area contributed by atoms with Crippen LogP contribution in [0, 0.1) is 0 Å². The molecule has 8 heteroatoms. The molecule has 8 nitrogen and oxygen atoms in total. The van der Waals surface area contributed by atoms with Gasteiger partial charge in [-0.25, -0.2) is 0 Å². The van der Waals surface area contributed by atoms with Gasteiger partial charge in [-0.15, -0.1) is 0 Å². The molecule has 0 bridgehead atoms. The van der Waals surface area contributed by atoms with Crippen LogP contribution in [0.1, 0.15) is 0 Å². The molecular formula is C56H50O8. The van der Waals surface area contributed by atoms with Gasteiger partial charge in [-0.2, -0.15) is 0 Å². The molecule has 322 valence electrons. The summed E-state index contributed by atoms with van der Waals surface area (Å²) in [6.07, 6.45) is 0. The van der Waals surface area contributed by atoms with E-state index in [4.69, 9.17) is 37.9 Å². The lowest BCUT2D eigenvalue weighted by molar-refractivity contribution is 0.410. The molecule has 0 N–H and O–H groups in total. The second-order valence-corrected chi connectivity index (χ2v) is 15.0. The van der Waals surface area contributed by atoms with Gasteiger partial charge in [-0.3, -0.25) is 0 Å². The number of rotatable bonds is 15. The van der Waals surface area contributed by atoms with Crippen LogP contribution in [-0.4, -0.2) is 56.9 Å². The molecular weight excluding hydrogens is 801 g/mol. The lowest BCUT2D eigenvalue weighted by atomic mass is 9.93. The summed E-state index contributed by atoms with van der Waals surface area (Å²) in [4.78, 5) is 0. The van der Waals surface area contributed by atoms with Crippen molar-refractivity contribution < 1.29 is 37.9 Å². The quantitative estimate of drug-likeness (QED) is 0.101. The van der Waals surface area contributed by atoms with Crippen LogP contribution in [0.2, 0.25) is 0 Å². The highest BCUT2D eigenvalue weighted by atomic mass is 16.5. The molecule has 0 aliphatic heterocycles. The maximum Gasteiger partial charge on any atom is 0.127 e. The molecule has 0 radical (unpaired) electrons. The van der Waals surface area contributed by atoms with Crippen LogP contribution in [0.4, 0.5) is 0 Å². The van der Waals surface area contributed by atoms with Crippen LogP contribution in [0.5, 0.6) is 46.0 Å². The first-order chi connectivity index (χ1) is 31.3. The molecule has 0 spiro atoms. The molecule has 8 aromatic rings. The van der Waals surface area contributed by atoms with E-state index in [0.717, 1.165) is 112 Å². The largest absolute Gasteiger partial charge is 0.497 e. The van der Waals surface area contributed by atoms with Gasteiger partial charge in [0.05, 0.1) is 56.9 Å². The van der Waals surface area contributed by atoms with E-state index in [1.807, 2.05) is 72.8 Å². The van der Waals surface area contributed by atoms with Gasteiger partial charge in [0.25, 0.3) is 0 Å². The van der Waals surface area contributed by atoms with Gasteiger partial charge in [0.15, 0.2) is 0 Å². The minimum atomic E-state index is 0.707. The van der Waals surface area contributed by atoms with Crippen molar-refractivity contribution >= 4 is 0 Å². The molecule has 64 heavy (non-hydrogen) atoms. The number of benzene rings is 8. The van der Waals surface area contributed by atoms with Crippen LogP contribution >= 0.6 is 0 Å². The van der Waals surface area contributed by atoms with Crippen LogP contribution in [0.15, 0.2) is 158 Å². The molecule has 8 rings (SSSR count). The zero-order valence-corrected chi connectivity index (χ0v) is 37.3. The molecule has 0 saturated carbocycles. The Morgan fingerprint density at radius 2 is 0.406 bits per heavy atom. The summed E-state index contributed by atoms with van der Waals surface area (Å²) >= 11 is 0. The van der Waals surface area contributed by atoms with E-state index < -0.39 is 0 Å². The Morgan fingerprint density at radius 1 is 0.203 bits per heavy atom. The van der Waals surface area contributed by atoms with E-state index in [1.54, 1.807) is 56.9 Å². The highest BCUT2D eigenvalue weighted by Gasteiger charge is 2.19. The molecule has 0 aliphatic carbocycles. The van der Waals surface area contributed by atoms with Crippen molar-refractivity contribution in [3.05, 3.63) is 158 Å². The minimum absolute atomic E-state index is 0.707. The van der Waals surface area contributed by atoms with E-state index in [0.29, 0.717) is 11.5 Å². The first kappa shape index (κ1) is 42.8. The highest BCUT2D eigenvalue weighted by Crippen LogP contribution is 2.45. The molecule has 0 amide bonds.